The number of aromatic nitrogens is 1. The van der Waals surface area contributed by atoms with Crippen LogP contribution in [-0.2, 0) is 38.6 Å². The number of aryl methyl sites for hydroxylation is 1. The van der Waals surface area contributed by atoms with E-state index < -0.39 is 12.0 Å². The smallest absolute Gasteiger partial charge is 0.328 e. The van der Waals surface area contributed by atoms with Crippen molar-refractivity contribution in [2.75, 3.05) is 20.2 Å². The van der Waals surface area contributed by atoms with E-state index in [0.717, 1.165) is 35.3 Å². The van der Waals surface area contributed by atoms with E-state index in [2.05, 4.69) is 10.3 Å². The van der Waals surface area contributed by atoms with E-state index in [1.54, 1.807) is 12.4 Å². The molecule has 40 heavy (non-hydrogen) atoms. The third-order valence-electron chi connectivity index (χ3n) is 7.25. The number of benzene rings is 2. The maximum atomic E-state index is 12.9. The maximum absolute atomic E-state index is 12.9. The van der Waals surface area contributed by atoms with Crippen LogP contribution in [0.25, 0.3) is 0 Å². The number of piperidine rings is 1. The van der Waals surface area contributed by atoms with Crippen LogP contribution in [0.5, 0.6) is 5.75 Å². The molecule has 0 bridgehead atoms. The van der Waals surface area contributed by atoms with Gasteiger partial charge in [0.25, 0.3) is 0 Å². The van der Waals surface area contributed by atoms with Gasteiger partial charge in [-0.25, -0.2) is 4.79 Å². The van der Waals surface area contributed by atoms with E-state index >= 15 is 0 Å². The van der Waals surface area contributed by atoms with Crippen LogP contribution < -0.4 is 10.1 Å². The summed E-state index contributed by atoms with van der Waals surface area (Å²) in [4.78, 5) is 43.8. The highest BCUT2D eigenvalue weighted by molar-refractivity contribution is 5.84. The van der Waals surface area contributed by atoms with Crippen molar-refractivity contribution in [1.82, 2.24) is 15.2 Å². The van der Waals surface area contributed by atoms with Gasteiger partial charge in [0.15, 0.2) is 0 Å². The molecule has 0 unspecified atom stereocenters. The van der Waals surface area contributed by atoms with Gasteiger partial charge in [0.1, 0.15) is 18.4 Å². The van der Waals surface area contributed by atoms with Gasteiger partial charge in [-0.2, -0.15) is 0 Å². The van der Waals surface area contributed by atoms with Gasteiger partial charge in [0.2, 0.25) is 11.8 Å². The molecule has 2 aromatic carbocycles. The normalized spacial score (nSPS) is 14.3. The molecule has 8 heteroatoms. The molecule has 1 fully saturated rings. The third kappa shape index (κ3) is 8.93. The van der Waals surface area contributed by atoms with Crippen LogP contribution >= 0.6 is 0 Å². The molecule has 2 amide bonds. The number of hydrogen-bond donors (Lipinski definition) is 1. The van der Waals surface area contributed by atoms with Crippen molar-refractivity contribution >= 4 is 17.8 Å². The van der Waals surface area contributed by atoms with Crippen molar-refractivity contribution in [1.29, 1.82) is 0 Å². The molecule has 2 heterocycles. The Morgan fingerprint density at radius 2 is 1.62 bits per heavy atom. The number of carbonyl (C=O) groups excluding carboxylic acids is 3. The first kappa shape index (κ1) is 28.8. The van der Waals surface area contributed by atoms with Gasteiger partial charge in [0, 0.05) is 44.7 Å². The molecule has 1 aliphatic heterocycles. The fourth-order valence-corrected chi connectivity index (χ4v) is 4.89. The zero-order valence-corrected chi connectivity index (χ0v) is 23.0. The summed E-state index contributed by atoms with van der Waals surface area (Å²) in [6.45, 7) is 1.76. The number of nitrogens with zero attached hydrogens (tertiary/aromatic N) is 2. The number of likely N-dealkylation sites (tertiary alicyclic amines) is 1. The van der Waals surface area contributed by atoms with Crippen LogP contribution in [0.3, 0.4) is 0 Å². The minimum absolute atomic E-state index is 0.141. The highest BCUT2D eigenvalue weighted by atomic mass is 16.5. The SMILES string of the molecule is COC(=O)[C@H](Cc1ccc(OCc2ccccc2)cc1)NC(=O)CC1CCN(C(=O)CCc2ccncc2)CC1. The second-order valence-electron chi connectivity index (χ2n) is 10.1. The van der Waals surface area contributed by atoms with Gasteiger partial charge in [0.05, 0.1) is 7.11 Å². The highest BCUT2D eigenvalue weighted by Crippen LogP contribution is 2.22. The van der Waals surface area contributed by atoms with Crippen molar-refractivity contribution in [2.45, 2.75) is 51.2 Å². The lowest BCUT2D eigenvalue weighted by Gasteiger charge is -2.32. The summed E-state index contributed by atoms with van der Waals surface area (Å²) < 4.78 is 10.8. The number of ether oxygens (including phenoxy) is 2. The lowest BCUT2D eigenvalue weighted by molar-refractivity contribution is -0.145. The zero-order valence-electron chi connectivity index (χ0n) is 23.0. The predicted molar refractivity (Wildman–Crippen MR) is 151 cm³/mol. The topological polar surface area (TPSA) is 97.8 Å². The van der Waals surface area contributed by atoms with Crippen LogP contribution in [-0.4, -0.2) is 53.9 Å². The molecule has 0 saturated carbocycles. The summed E-state index contributed by atoms with van der Waals surface area (Å²) in [6.07, 6.45) is 6.81. The molecular formula is C32H37N3O5. The van der Waals surface area contributed by atoms with Gasteiger partial charge in [-0.3, -0.25) is 14.6 Å². The molecule has 1 aromatic heterocycles. The van der Waals surface area contributed by atoms with Crippen molar-refractivity contribution in [2.24, 2.45) is 5.92 Å². The van der Waals surface area contributed by atoms with Gasteiger partial charge in [-0.15, -0.1) is 0 Å². The molecule has 1 aliphatic rings. The second kappa shape index (κ2) is 14.8. The first-order valence-electron chi connectivity index (χ1n) is 13.8. The Hall–Kier alpha value is -4.20. The van der Waals surface area contributed by atoms with Crippen LogP contribution in [0.15, 0.2) is 79.1 Å². The number of hydrogen-bond acceptors (Lipinski definition) is 6. The summed E-state index contributed by atoms with van der Waals surface area (Å²) in [7, 11) is 1.32. The van der Waals surface area contributed by atoms with E-state index in [4.69, 9.17) is 9.47 Å². The van der Waals surface area contributed by atoms with Crippen molar-refractivity contribution in [3.8, 4) is 5.75 Å². The molecule has 0 aliphatic carbocycles. The van der Waals surface area contributed by atoms with Crippen LogP contribution in [0.2, 0.25) is 0 Å². The molecule has 1 atom stereocenters. The lowest BCUT2D eigenvalue weighted by atomic mass is 9.92. The fourth-order valence-electron chi connectivity index (χ4n) is 4.89. The molecular weight excluding hydrogens is 506 g/mol. The summed E-state index contributed by atoms with van der Waals surface area (Å²) in [5.74, 6) is 0.382. The Morgan fingerprint density at radius 1 is 0.925 bits per heavy atom. The third-order valence-corrected chi connectivity index (χ3v) is 7.25. The average Bonchev–Trinajstić information content (AvgIpc) is 3.00. The maximum Gasteiger partial charge on any atom is 0.328 e. The van der Waals surface area contributed by atoms with Gasteiger partial charge in [-0.1, -0.05) is 42.5 Å². The van der Waals surface area contributed by atoms with Crippen LogP contribution in [0, 0.1) is 5.92 Å². The molecule has 1 saturated heterocycles. The first-order valence-corrected chi connectivity index (χ1v) is 13.8. The Kier molecular flexibility index (Phi) is 10.7. The Morgan fingerprint density at radius 3 is 2.30 bits per heavy atom. The van der Waals surface area contributed by atoms with Crippen molar-refractivity contribution in [3.05, 3.63) is 95.8 Å². The second-order valence-corrected chi connectivity index (χ2v) is 10.1. The summed E-state index contributed by atoms with van der Waals surface area (Å²) in [5, 5.41) is 2.87. The minimum atomic E-state index is -0.775. The number of methoxy groups -OCH3 is 1. The number of carbonyl (C=O) groups is 3. The quantitative estimate of drug-likeness (QED) is 0.345. The van der Waals surface area contributed by atoms with Gasteiger partial charge >= 0.3 is 5.97 Å². The number of pyridine rings is 1. The first-order chi connectivity index (χ1) is 19.5. The molecule has 3 aromatic rings. The van der Waals surface area contributed by atoms with E-state index in [-0.39, 0.29) is 17.7 Å². The Labute approximate surface area is 235 Å². The van der Waals surface area contributed by atoms with Crippen LogP contribution in [0.4, 0.5) is 0 Å². The molecule has 0 radical (unpaired) electrons. The summed E-state index contributed by atoms with van der Waals surface area (Å²) >= 11 is 0. The van der Waals surface area contributed by atoms with E-state index in [1.807, 2.05) is 71.6 Å². The number of rotatable bonds is 12. The number of nitrogens with one attached hydrogen (secondary N) is 1. The standard InChI is InChI=1S/C32H37N3O5/c1-39-32(38)29(21-25-7-10-28(11-8-25)40-23-27-5-3-2-4-6-27)34-30(36)22-26-15-19-35(20-16-26)31(37)12-9-24-13-17-33-18-14-24/h2-8,10-11,13-14,17-18,26,29H,9,12,15-16,19-23H2,1H3,(H,34,36)/t29-/m0/s1. The van der Waals surface area contributed by atoms with E-state index in [1.165, 1.54) is 7.11 Å². The Bertz CT molecular complexity index is 1230. The van der Waals surface area contributed by atoms with E-state index in [9.17, 15) is 14.4 Å². The molecule has 0 spiro atoms. The summed E-state index contributed by atoms with van der Waals surface area (Å²) in [6, 6.07) is 20.5. The van der Waals surface area contributed by atoms with Crippen LogP contribution in [0.1, 0.15) is 42.4 Å². The van der Waals surface area contributed by atoms with Gasteiger partial charge < -0.3 is 19.7 Å². The van der Waals surface area contributed by atoms with Gasteiger partial charge in [-0.05, 0) is 66.1 Å². The largest absolute Gasteiger partial charge is 0.489 e. The van der Waals surface area contributed by atoms with Crippen molar-refractivity contribution < 1.29 is 23.9 Å². The molecule has 210 valence electrons. The van der Waals surface area contributed by atoms with Crippen molar-refractivity contribution in [3.63, 3.8) is 0 Å². The lowest BCUT2D eigenvalue weighted by Crippen LogP contribution is -2.44. The molecule has 8 nitrogen and oxygen atoms in total. The zero-order chi connectivity index (χ0) is 28.2. The minimum Gasteiger partial charge on any atom is -0.489 e. The number of esters is 1. The highest BCUT2D eigenvalue weighted by Gasteiger charge is 2.27. The monoisotopic (exact) mass is 543 g/mol. The predicted octanol–water partition coefficient (Wildman–Crippen LogP) is 4.12. The summed E-state index contributed by atoms with van der Waals surface area (Å²) in [5.41, 5.74) is 3.07. The average molecular weight is 544 g/mol. The Balaban J connectivity index is 1.21. The number of amides is 2. The van der Waals surface area contributed by atoms with E-state index in [0.29, 0.717) is 45.4 Å². The molecule has 4 rings (SSSR count). The molecule has 1 N–H and O–H groups in total. The fraction of sp³-hybridized carbons (Fsp3) is 0.375.